The van der Waals surface area contributed by atoms with Gasteiger partial charge < -0.3 is 10.6 Å². The van der Waals surface area contributed by atoms with Gasteiger partial charge in [-0.05, 0) is 37.2 Å². The van der Waals surface area contributed by atoms with E-state index in [-0.39, 0.29) is 40.6 Å². The van der Waals surface area contributed by atoms with Crippen molar-refractivity contribution in [3.63, 3.8) is 0 Å². The molecule has 1 aromatic carbocycles. The summed E-state index contributed by atoms with van der Waals surface area (Å²) in [6.07, 6.45) is 4.30. The number of hydrogen-bond donors (Lipinski definition) is 2. The van der Waals surface area contributed by atoms with Crippen molar-refractivity contribution in [2.24, 2.45) is 10.4 Å². The van der Waals surface area contributed by atoms with Crippen molar-refractivity contribution < 1.29 is 8.42 Å². The normalized spacial score (nSPS) is 16.4. The number of nitrogens with zero attached hydrogens (tertiary/aromatic N) is 1. The Hall–Kier alpha value is -0.830. The summed E-state index contributed by atoms with van der Waals surface area (Å²) in [4.78, 5) is 4.71. The van der Waals surface area contributed by atoms with Crippen LogP contribution < -0.4 is 10.6 Å². The molecule has 7 heteroatoms. The first kappa shape index (κ1) is 24.2. The highest BCUT2D eigenvalue weighted by Crippen LogP contribution is 2.47. The fraction of sp³-hybridized carbons (Fsp3) is 0.650. The van der Waals surface area contributed by atoms with Gasteiger partial charge in [-0.2, -0.15) is 0 Å². The topological polar surface area (TPSA) is 70.6 Å². The monoisotopic (exact) mass is 507 g/mol. The molecule has 2 rings (SSSR count). The molecule has 27 heavy (non-hydrogen) atoms. The number of halogens is 1. The molecule has 5 nitrogen and oxygen atoms in total. The van der Waals surface area contributed by atoms with Crippen LogP contribution in [-0.4, -0.2) is 46.0 Å². The molecule has 2 N–H and O–H groups in total. The van der Waals surface area contributed by atoms with Crippen molar-refractivity contribution in [1.29, 1.82) is 0 Å². The van der Waals surface area contributed by atoms with Crippen molar-refractivity contribution in [3.05, 3.63) is 35.9 Å². The highest BCUT2D eigenvalue weighted by atomic mass is 127. The maximum atomic E-state index is 11.4. The second kappa shape index (κ2) is 10.1. The Labute approximate surface area is 181 Å². The van der Waals surface area contributed by atoms with Crippen LogP contribution in [0.15, 0.2) is 35.3 Å². The minimum Gasteiger partial charge on any atom is -0.357 e. The number of hydrogen-bond acceptors (Lipinski definition) is 3. The lowest BCUT2D eigenvalue weighted by Gasteiger charge is -2.23. The zero-order valence-electron chi connectivity index (χ0n) is 16.9. The second-order valence-corrected chi connectivity index (χ2v) is 10.5. The molecule has 0 radical (unpaired) electrons. The highest BCUT2D eigenvalue weighted by Gasteiger charge is 2.44. The molecule has 1 saturated carbocycles. The zero-order valence-corrected chi connectivity index (χ0v) is 20.1. The molecule has 1 aromatic rings. The third-order valence-corrected chi connectivity index (χ3v) is 5.94. The smallest absolute Gasteiger partial charge is 0.191 e. The molecule has 0 aromatic heterocycles. The number of aliphatic imine (C=N–C) groups is 1. The first-order valence-corrected chi connectivity index (χ1v) is 11.5. The molecule has 1 aliphatic carbocycles. The second-order valence-electron chi connectivity index (χ2n) is 8.24. The van der Waals surface area contributed by atoms with Crippen LogP contribution in [0.5, 0.6) is 0 Å². The van der Waals surface area contributed by atoms with E-state index in [1.807, 2.05) is 0 Å². The maximum absolute atomic E-state index is 11.4. The quantitative estimate of drug-likeness (QED) is 0.306. The first-order chi connectivity index (χ1) is 12.2. The van der Waals surface area contributed by atoms with E-state index >= 15 is 0 Å². The summed E-state index contributed by atoms with van der Waals surface area (Å²) in [5, 5.41) is 6.79. The van der Waals surface area contributed by atoms with E-state index in [0.717, 1.165) is 19.0 Å². The van der Waals surface area contributed by atoms with E-state index in [1.54, 1.807) is 0 Å². The number of benzene rings is 1. The van der Waals surface area contributed by atoms with E-state index in [4.69, 9.17) is 4.99 Å². The maximum Gasteiger partial charge on any atom is 0.191 e. The predicted octanol–water partition coefficient (Wildman–Crippen LogP) is 3.35. The average Bonchev–Trinajstić information content (AvgIpc) is 3.37. The van der Waals surface area contributed by atoms with Crippen molar-refractivity contribution in [2.45, 2.75) is 45.4 Å². The number of rotatable bonds is 9. The molecule has 0 spiro atoms. The predicted molar refractivity (Wildman–Crippen MR) is 125 cm³/mol. The minimum absolute atomic E-state index is 0. The van der Waals surface area contributed by atoms with Crippen LogP contribution in [0.1, 0.15) is 45.6 Å². The fourth-order valence-electron chi connectivity index (χ4n) is 2.94. The van der Waals surface area contributed by atoms with Crippen LogP contribution in [-0.2, 0) is 15.3 Å². The van der Waals surface area contributed by atoms with Gasteiger partial charge >= 0.3 is 0 Å². The van der Waals surface area contributed by atoms with Crippen LogP contribution in [0.25, 0.3) is 0 Å². The standard InChI is InChI=1S/C20H33N3O2S.HI/c1-5-21-18(22-15-19(2,3)13-14-26(4,24)25)23-16-20(11-12-20)17-9-7-6-8-10-17;/h6-10H,5,11-16H2,1-4H3,(H2,21,22,23);1H. The molecular formula is C20H34IN3O2S. The summed E-state index contributed by atoms with van der Waals surface area (Å²) in [5.74, 6) is 1.01. The third kappa shape index (κ3) is 8.37. The fourth-order valence-corrected chi connectivity index (χ4v) is 3.86. The molecule has 0 saturated heterocycles. The summed E-state index contributed by atoms with van der Waals surface area (Å²) in [7, 11) is -2.94. The van der Waals surface area contributed by atoms with Crippen LogP contribution in [0.2, 0.25) is 0 Å². The summed E-state index contributed by atoms with van der Waals surface area (Å²) in [6, 6.07) is 10.6. The number of guanidine groups is 1. The van der Waals surface area contributed by atoms with Crippen molar-refractivity contribution >= 4 is 39.8 Å². The summed E-state index contributed by atoms with van der Waals surface area (Å²) in [6.45, 7) is 8.45. The first-order valence-electron chi connectivity index (χ1n) is 9.41. The average molecular weight is 507 g/mol. The summed E-state index contributed by atoms with van der Waals surface area (Å²) >= 11 is 0. The highest BCUT2D eigenvalue weighted by molar-refractivity contribution is 14.0. The van der Waals surface area contributed by atoms with Gasteiger partial charge in [0.15, 0.2) is 5.96 Å². The summed E-state index contributed by atoms with van der Waals surface area (Å²) in [5.41, 5.74) is 1.46. The van der Waals surface area contributed by atoms with Gasteiger partial charge in [0, 0.05) is 31.3 Å². The minimum atomic E-state index is -2.94. The molecule has 0 atom stereocenters. The van der Waals surface area contributed by atoms with Crippen LogP contribution in [0.4, 0.5) is 0 Å². The van der Waals surface area contributed by atoms with Crippen LogP contribution in [0, 0.1) is 5.41 Å². The molecule has 1 fully saturated rings. The van der Waals surface area contributed by atoms with E-state index in [1.165, 1.54) is 24.7 Å². The lowest BCUT2D eigenvalue weighted by molar-refractivity contribution is 0.365. The van der Waals surface area contributed by atoms with Gasteiger partial charge in [0.25, 0.3) is 0 Å². The third-order valence-electron chi connectivity index (χ3n) is 4.99. The Balaban J connectivity index is 0.00000364. The van der Waals surface area contributed by atoms with Gasteiger partial charge in [0.2, 0.25) is 0 Å². The van der Waals surface area contributed by atoms with Crippen LogP contribution in [0.3, 0.4) is 0 Å². The Morgan fingerprint density at radius 1 is 1.19 bits per heavy atom. The molecular weight excluding hydrogens is 473 g/mol. The molecule has 1 aliphatic rings. The Bertz CT molecular complexity index is 714. The Morgan fingerprint density at radius 3 is 2.33 bits per heavy atom. The van der Waals surface area contributed by atoms with E-state index < -0.39 is 9.84 Å². The van der Waals surface area contributed by atoms with Gasteiger partial charge in [-0.3, -0.25) is 4.99 Å². The lowest BCUT2D eigenvalue weighted by atomic mass is 9.90. The van der Waals surface area contributed by atoms with Gasteiger partial charge in [0.05, 0.1) is 5.75 Å². The Kier molecular flexibility index (Phi) is 9.05. The lowest BCUT2D eigenvalue weighted by Crippen LogP contribution is -2.42. The SMILES string of the molecule is CCNC(=NCC(C)(C)CCS(C)(=O)=O)NCC1(c2ccccc2)CC1.I. The summed E-state index contributed by atoms with van der Waals surface area (Å²) < 4.78 is 22.8. The van der Waals surface area contributed by atoms with Gasteiger partial charge in [-0.15, -0.1) is 24.0 Å². The molecule has 0 aliphatic heterocycles. The molecule has 0 bridgehead atoms. The van der Waals surface area contributed by atoms with E-state index in [0.29, 0.717) is 13.0 Å². The zero-order chi connectivity index (χ0) is 19.3. The Morgan fingerprint density at radius 2 is 1.81 bits per heavy atom. The number of sulfone groups is 1. The molecule has 0 heterocycles. The van der Waals surface area contributed by atoms with Crippen molar-refractivity contribution in [3.8, 4) is 0 Å². The van der Waals surface area contributed by atoms with E-state index in [2.05, 4.69) is 61.7 Å². The van der Waals surface area contributed by atoms with E-state index in [9.17, 15) is 8.42 Å². The molecule has 154 valence electrons. The van der Waals surface area contributed by atoms with Crippen LogP contribution >= 0.6 is 24.0 Å². The van der Waals surface area contributed by atoms with Gasteiger partial charge in [-0.1, -0.05) is 44.2 Å². The van der Waals surface area contributed by atoms with Gasteiger partial charge in [0.1, 0.15) is 9.84 Å². The largest absolute Gasteiger partial charge is 0.357 e. The van der Waals surface area contributed by atoms with Crippen molar-refractivity contribution in [2.75, 3.05) is 31.6 Å². The molecule has 0 amide bonds. The van der Waals surface area contributed by atoms with Crippen molar-refractivity contribution in [1.82, 2.24) is 10.6 Å². The molecule has 0 unspecified atom stereocenters. The van der Waals surface area contributed by atoms with Gasteiger partial charge in [-0.25, -0.2) is 8.42 Å². The number of nitrogens with one attached hydrogen (secondary N) is 2.